The standard InChI is InChI=1S/C10H13N7O2/c1-16-9(10(12)19)7(3-13-16)15-8(18)5-17-4-6(11)2-14-17/h2-4H,5,11H2,1H3,(H2,12,19)(H,15,18). The molecule has 0 radical (unpaired) electrons. The number of nitrogens with zero attached hydrogens (tertiary/aromatic N) is 4. The van der Waals surface area contributed by atoms with E-state index >= 15 is 0 Å². The van der Waals surface area contributed by atoms with Crippen molar-refractivity contribution in [3.63, 3.8) is 0 Å². The molecule has 2 aromatic heterocycles. The fourth-order valence-corrected chi connectivity index (χ4v) is 1.62. The molecule has 0 fully saturated rings. The summed E-state index contributed by atoms with van der Waals surface area (Å²) in [5.74, 6) is -1.03. The molecule has 9 heteroatoms. The van der Waals surface area contributed by atoms with Gasteiger partial charge in [-0.1, -0.05) is 0 Å². The molecule has 0 atom stereocenters. The van der Waals surface area contributed by atoms with E-state index in [4.69, 9.17) is 11.5 Å². The molecule has 2 amide bonds. The lowest BCUT2D eigenvalue weighted by molar-refractivity contribution is -0.116. The van der Waals surface area contributed by atoms with Crippen molar-refractivity contribution in [2.45, 2.75) is 6.54 Å². The Balaban J connectivity index is 2.09. The summed E-state index contributed by atoms with van der Waals surface area (Å²) in [6.07, 6.45) is 4.32. The number of nitrogens with one attached hydrogen (secondary N) is 1. The highest BCUT2D eigenvalue weighted by atomic mass is 16.2. The molecule has 2 aromatic rings. The monoisotopic (exact) mass is 263 g/mol. The third-order valence-electron chi connectivity index (χ3n) is 2.41. The van der Waals surface area contributed by atoms with E-state index in [2.05, 4.69) is 15.5 Å². The van der Waals surface area contributed by atoms with E-state index in [1.54, 1.807) is 7.05 Å². The van der Waals surface area contributed by atoms with Crippen LogP contribution in [0.1, 0.15) is 10.5 Å². The van der Waals surface area contributed by atoms with Crippen molar-refractivity contribution in [3.8, 4) is 0 Å². The molecule has 0 spiro atoms. The van der Waals surface area contributed by atoms with Crippen LogP contribution in [0, 0.1) is 0 Å². The number of primary amides is 1. The van der Waals surface area contributed by atoms with Crippen molar-refractivity contribution in [1.82, 2.24) is 19.6 Å². The third kappa shape index (κ3) is 2.70. The molecule has 0 saturated carbocycles. The Morgan fingerprint density at radius 1 is 1.37 bits per heavy atom. The zero-order valence-corrected chi connectivity index (χ0v) is 10.2. The summed E-state index contributed by atoms with van der Waals surface area (Å²) in [6, 6.07) is 0. The van der Waals surface area contributed by atoms with Gasteiger partial charge in [-0.2, -0.15) is 10.2 Å². The number of hydrogen-bond acceptors (Lipinski definition) is 5. The van der Waals surface area contributed by atoms with Gasteiger partial charge in [0.2, 0.25) is 5.91 Å². The molecule has 2 heterocycles. The average Bonchev–Trinajstić information content (AvgIpc) is 2.85. The Kier molecular flexibility index (Phi) is 3.19. The van der Waals surface area contributed by atoms with Gasteiger partial charge in [-0.05, 0) is 0 Å². The van der Waals surface area contributed by atoms with Crippen molar-refractivity contribution >= 4 is 23.2 Å². The minimum Gasteiger partial charge on any atom is -0.396 e. The van der Waals surface area contributed by atoms with Gasteiger partial charge in [-0.25, -0.2) is 0 Å². The topological polar surface area (TPSA) is 134 Å². The highest BCUT2D eigenvalue weighted by Crippen LogP contribution is 2.13. The lowest BCUT2D eigenvalue weighted by atomic mass is 10.3. The lowest BCUT2D eigenvalue weighted by Crippen LogP contribution is -2.22. The molecule has 0 bridgehead atoms. The zero-order chi connectivity index (χ0) is 14.0. The van der Waals surface area contributed by atoms with Crippen molar-refractivity contribution < 1.29 is 9.59 Å². The number of aryl methyl sites for hydroxylation is 1. The molecular formula is C10H13N7O2. The van der Waals surface area contributed by atoms with Crippen molar-refractivity contribution in [2.75, 3.05) is 11.1 Å². The molecule has 19 heavy (non-hydrogen) atoms. The van der Waals surface area contributed by atoms with Gasteiger partial charge < -0.3 is 16.8 Å². The molecule has 2 rings (SSSR count). The van der Waals surface area contributed by atoms with Crippen LogP contribution in [0.15, 0.2) is 18.6 Å². The number of nitrogens with two attached hydrogens (primary N) is 2. The maximum absolute atomic E-state index is 11.8. The first-order chi connectivity index (χ1) is 8.97. The van der Waals surface area contributed by atoms with Crippen LogP contribution in [0.5, 0.6) is 0 Å². The smallest absolute Gasteiger partial charge is 0.269 e. The van der Waals surface area contributed by atoms with Crippen LogP contribution >= 0.6 is 0 Å². The van der Waals surface area contributed by atoms with Gasteiger partial charge in [0.15, 0.2) is 0 Å². The van der Waals surface area contributed by atoms with Crippen LogP contribution in [0.25, 0.3) is 0 Å². The third-order valence-corrected chi connectivity index (χ3v) is 2.41. The summed E-state index contributed by atoms with van der Waals surface area (Å²) >= 11 is 0. The van der Waals surface area contributed by atoms with Crippen LogP contribution < -0.4 is 16.8 Å². The van der Waals surface area contributed by atoms with E-state index < -0.39 is 5.91 Å². The average molecular weight is 263 g/mol. The number of carbonyl (C=O) groups excluding carboxylic acids is 2. The minimum atomic E-state index is -0.668. The number of carbonyl (C=O) groups is 2. The van der Waals surface area contributed by atoms with Crippen LogP contribution in [-0.4, -0.2) is 31.4 Å². The first-order valence-corrected chi connectivity index (χ1v) is 5.37. The molecule has 100 valence electrons. The number of aromatic nitrogens is 4. The Bertz CT molecular complexity index is 628. The van der Waals surface area contributed by atoms with Crippen LogP contribution in [0.4, 0.5) is 11.4 Å². The maximum atomic E-state index is 11.8. The van der Waals surface area contributed by atoms with Gasteiger partial charge in [0.05, 0.1) is 23.8 Å². The van der Waals surface area contributed by atoms with E-state index in [1.165, 1.54) is 28.0 Å². The second-order valence-corrected chi connectivity index (χ2v) is 3.91. The molecule has 0 aromatic carbocycles. The second-order valence-electron chi connectivity index (χ2n) is 3.91. The van der Waals surface area contributed by atoms with Gasteiger partial charge in [0.25, 0.3) is 5.91 Å². The summed E-state index contributed by atoms with van der Waals surface area (Å²) in [5, 5.41) is 10.3. The Hall–Kier alpha value is -2.84. The predicted molar refractivity (Wildman–Crippen MR) is 67.0 cm³/mol. The van der Waals surface area contributed by atoms with E-state index in [9.17, 15) is 9.59 Å². The number of amides is 2. The highest BCUT2D eigenvalue weighted by molar-refractivity contribution is 6.01. The molecule has 5 N–H and O–H groups in total. The minimum absolute atomic E-state index is 0.0235. The summed E-state index contributed by atoms with van der Waals surface area (Å²) in [4.78, 5) is 23.0. The quantitative estimate of drug-likeness (QED) is 0.646. The molecule has 0 saturated heterocycles. The Labute approximate surface area is 108 Å². The first-order valence-electron chi connectivity index (χ1n) is 5.37. The number of rotatable bonds is 4. The SMILES string of the molecule is Cn1ncc(NC(=O)Cn2cc(N)cn2)c1C(N)=O. The van der Waals surface area contributed by atoms with Gasteiger partial charge in [-0.3, -0.25) is 19.0 Å². The van der Waals surface area contributed by atoms with E-state index in [0.29, 0.717) is 5.69 Å². The van der Waals surface area contributed by atoms with Crippen molar-refractivity contribution in [3.05, 3.63) is 24.3 Å². The van der Waals surface area contributed by atoms with Crippen molar-refractivity contribution in [1.29, 1.82) is 0 Å². The summed E-state index contributed by atoms with van der Waals surface area (Å²) < 4.78 is 2.68. The van der Waals surface area contributed by atoms with Crippen LogP contribution in [-0.2, 0) is 18.4 Å². The van der Waals surface area contributed by atoms with Gasteiger partial charge in [0.1, 0.15) is 12.2 Å². The fourth-order valence-electron chi connectivity index (χ4n) is 1.62. The van der Waals surface area contributed by atoms with Crippen LogP contribution in [0.3, 0.4) is 0 Å². The van der Waals surface area contributed by atoms with E-state index in [0.717, 1.165) is 0 Å². The molecule has 0 aliphatic heterocycles. The Morgan fingerprint density at radius 3 is 2.68 bits per heavy atom. The molecule has 0 aliphatic carbocycles. The van der Waals surface area contributed by atoms with E-state index in [-0.39, 0.29) is 23.8 Å². The van der Waals surface area contributed by atoms with Gasteiger partial charge in [-0.15, -0.1) is 0 Å². The number of nitrogen functional groups attached to an aromatic ring is 1. The number of anilines is 2. The normalized spacial score (nSPS) is 10.4. The molecule has 0 unspecified atom stereocenters. The lowest BCUT2D eigenvalue weighted by Gasteiger charge is -2.05. The van der Waals surface area contributed by atoms with Gasteiger partial charge >= 0.3 is 0 Å². The molecule has 0 aliphatic rings. The van der Waals surface area contributed by atoms with Gasteiger partial charge in [0, 0.05) is 13.2 Å². The second kappa shape index (κ2) is 4.80. The number of hydrogen-bond donors (Lipinski definition) is 3. The zero-order valence-electron chi connectivity index (χ0n) is 10.2. The predicted octanol–water partition coefficient (Wildman–Crippen LogP) is -1.06. The van der Waals surface area contributed by atoms with Crippen LogP contribution in [0.2, 0.25) is 0 Å². The fraction of sp³-hybridized carbons (Fsp3) is 0.200. The first kappa shape index (κ1) is 12.6. The summed E-state index contributed by atoms with van der Waals surface area (Å²) in [6.45, 7) is -0.0235. The maximum Gasteiger partial charge on any atom is 0.269 e. The summed E-state index contributed by atoms with van der Waals surface area (Å²) in [5.41, 5.74) is 11.6. The largest absolute Gasteiger partial charge is 0.396 e. The Morgan fingerprint density at radius 2 is 2.11 bits per heavy atom. The van der Waals surface area contributed by atoms with Crippen molar-refractivity contribution in [2.24, 2.45) is 12.8 Å². The molecule has 9 nitrogen and oxygen atoms in total. The molecular weight excluding hydrogens is 250 g/mol. The van der Waals surface area contributed by atoms with E-state index in [1.807, 2.05) is 0 Å². The highest BCUT2D eigenvalue weighted by Gasteiger charge is 2.16. The summed E-state index contributed by atoms with van der Waals surface area (Å²) in [7, 11) is 1.56.